The van der Waals surface area contributed by atoms with E-state index in [1.54, 1.807) is 60.0 Å². The van der Waals surface area contributed by atoms with Gasteiger partial charge in [-0.05, 0) is 43.2 Å². The fraction of sp³-hybridized carbons (Fsp3) is 0.257. The number of halogens is 1. The van der Waals surface area contributed by atoms with Gasteiger partial charge in [0.15, 0.2) is 5.65 Å². The molecule has 4 aromatic heterocycles. The molecule has 15 heteroatoms. The van der Waals surface area contributed by atoms with Crippen LogP contribution in [0.4, 0.5) is 10.2 Å². The van der Waals surface area contributed by atoms with Crippen molar-refractivity contribution in [3.8, 4) is 11.1 Å². The molecule has 50 heavy (non-hydrogen) atoms. The van der Waals surface area contributed by atoms with Gasteiger partial charge in [-0.3, -0.25) is 19.5 Å². The molecule has 0 radical (unpaired) electrons. The summed E-state index contributed by atoms with van der Waals surface area (Å²) in [5.74, 6) is -0.893. The third kappa shape index (κ3) is 5.15. The van der Waals surface area contributed by atoms with Crippen molar-refractivity contribution < 1.29 is 22.4 Å². The second kappa shape index (κ2) is 12.0. The topological polar surface area (TPSA) is 134 Å². The second-order valence-corrected chi connectivity index (χ2v) is 15.6. The van der Waals surface area contributed by atoms with Gasteiger partial charge in [-0.25, -0.2) is 23.3 Å². The van der Waals surface area contributed by atoms with Gasteiger partial charge in [0.1, 0.15) is 22.7 Å². The van der Waals surface area contributed by atoms with Gasteiger partial charge in [0, 0.05) is 80.0 Å². The number of pyridine rings is 1. The van der Waals surface area contributed by atoms with E-state index in [4.69, 9.17) is 15.0 Å². The molecular formula is C35H31FN8O4S2. The summed E-state index contributed by atoms with van der Waals surface area (Å²) in [6.45, 7) is 3.10. The summed E-state index contributed by atoms with van der Waals surface area (Å²) in [5.41, 5.74) is 3.32. The lowest BCUT2D eigenvalue weighted by molar-refractivity contribution is 0.0616. The van der Waals surface area contributed by atoms with Crippen LogP contribution in [0.1, 0.15) is 43.8 Å². The van der Waals surface area contributed by atoms with Crippen molar-refractivity contribution in [1.82, 2.24) is 33.1 Å². The Balaban J connectivity index is 1.20. The lowest BCUT2D eigenvalue weighted by atomic mass is 9.85. The van der Waals surface area contributed by atoms with E-state index >= 15 is 0 Å². The maximum absolute atomic E-state index is 14.7. The number of benzene rings is 2. The Bertz CT molecular complexity index is 2430. The number of rotatable bonds is 7. The van der Waals surface area contributed by atoms with Gasteiger partial charge in [0.05, 0.1) is 22.3 Å². The Labute approximate surface area is 291 Å². The molecular weight excluding hydrogens is 680 g/mol. The predicted molar refractivity (Wildman–Crippen MR) is 188 cm³/mol. The monoisotopic (exact) mass is 710 g/mol. The quantitative estimate of drug-likeness (QED) is 0.207. The highest BCUT2D eigenvalue weighted by atomic mass is 32.2. The number of piperidine rings is 1. The summed E-state index contributed by atoms with van der Waals surface area (Å²) < 4.78 is 44.2. The van der Waals surface area contributed by atoms with Crippen LogP contribution in [0, 0.1) is 18.7 Å². The van der Waals surface area contributed by atoms with Gasteiger partial charge in [0.25, 0.3) is 11.8 Å². The Morgan fingerprint density at radius 3 is 2.40 bits per heavy atom. The molecule has 0 unspecified atom stereocenters. The van der Waals surface area contributed by atoms with E-state index in [9.17, 15) is 22.4 Å². The van der Waals surface area contributed by atoms with E-state index in [1.165, 1.54) is 37.5 Å². The Morgan fingerprint density at radius 1 is 0.940 bits per heavy atom. The summed E-state index contributed by atoms with van der Waals surface area (Å²) >= 11 is 1.57. The summed E-state index contributed by atoms with van der Waals surface area (Å²) in [7, 11) is -1.19. The molecule has 8 rings (SSSR count). The summed E-state index contributed by atoms with van der Waals surface area (Å²) in [6, 6.07) is 13.2. The number of amides is 2. The van der Waals surface area contributed by atoms with Crippen LogP contribution in [0.15, 0.2) is 72.5 Å². The van der Waals surface area contributed by atoms with Crippen LogP contribution < -0.4 is 4.90 Å². The van der Waals surface area contributed by atoms with Crippen LogP contribution in [0.2, 0.25) is 0 Å². The van der Waals surface area contributed by atoms with Crippen LogP contribution in [-0.4, -0.2) is 87.1 Å². The molecule has 2 aromatic carbocycles. The molecule has 2 aliphatic rings. The highest BCUT2D eigenvalue weighted by Crippen LogP contribution is 2.40. The standard InChI is InChI=1S/C35H31FN8O4S2/c1-20-19-49-33(39-20)22-12-14-42(16-21(22)17-43-34(45)25-7-4-5-8-26(25)35(43)46)29-15-38-31-27(18-44(32(31)40-29)50(47,48)41(2)3)23-10-11-28(36)30-24(23)9-6-13-37-30/h4-11,13,15,18-19,21-22H,12,14,16-17H2,1-3H3/t21-,22-/m1/s1. The number of fused-ring (bicyclic) bond motifs is 3. The van der Waals surface area contributed by atoms with Gasteiger partial charge in [-0.15, -0.1) is 11.3 Å². The minimum absolute atomic E-state index is 0.0177. The van der Waals surface area contributed by atoms with E-state index in [-0.39, 0.29) is 41.4 Å². The van der Waals surface area contributed by atoms with Crippen molar-refractivity contribution in [2.24, 2.45) is 5.92 Å². The van der Waals surface area contributed by atoms with Crippen molar-refractivity contribution in [2.75, 3.05) is 38.6 Å². The molecule has 254 valence electrons. The predicted octanol–water partition coefficient (Wildman–Crippen LogP) is 5.11. The first-order chi connectivity index (χ1) is 24.0. The lowest BCUT2D eigenvalue weighted by Crippen LogP contribution is -2.46. The van der Waals surface area contributed by atoms with E-state index < -0.39 is 16.0 Å². The van der Waals surface area contributed by atoms with Crippen LogP contribution in [0.5, 0.6) is 0 Å². The number of thiazole rings is 1. The van der Waals surface area contributed by atoms with E-state index in [0.717, 1.165) is 19.0 Å². The first kappa shape index (κ1) is 32.1. The first-order valence-corrected chi connectivity index (χ1v) is 18.3. The molecule has 0 saturated carbocycles. The number of carbonyl (C=O) groups is 2. The number of aromatic nitrogens is 5. The number of nitrogens with zero attached hydrogens (tertiary/aromatic N) is 8. The lowest BCUT2D eigenvalue weighted by Gasteiger charge is -2.39. The van der Waals surface area contributed by atoms with E-state index in [1.807, 2.05) is 17.2 Å². The van der Waals surface area contributed by atoms with Crippen LogP contribution in [-0.2, 0) is 10.2 Å². The van der Waals surface area contributed by atoms with Crippen molar-refractivity contribution in [2.45, 2.75) is 19.3 Å². The largest absolute Gasteiger partial charge is 0.355 e. The minimum Gasteiger partial charge on any atom is -0.355 e. The van der Waals surface area contributed by atoms with Gasteiger partial charge < -0.3 is 4.90 Å². The summed E-state index contributed by atoms with van der Waals surface area (Å²) in [6.07, 6.45) is 5.24. The van der Waals surface area contributed by atoms with Gasteiger partial charge in [-0.2, -0.15) is 12.7 Å². The maximum atomic E-state index is 14.7. The van der Waals surface area contributed by atoms with Crippen molar-refractivity contribution in [3.05, 3.63) is 100 Å². The number of aryl methyl sites for hydroxylation is 1. The SMILES string of the molecule is Cc1csc([C@@H]2CCN(c3cnc4c(-c5ccc(F)c6ncccc56)cn(S(=O)(=O)N(C)C)c4n3)C[C@@H]2CN2C(=O)c3ccccc3C2=O)n1. The maximum Gasteiger partial charge on any atom is 0.308 e. The van der Waals surface area contributed by atoms with Gasteiger partial charge in [-0.1, -0.05) is 24.3 Å². The smallest absolute Gasteiger partial charge is 0.308 e. The normalized spacial score (nSPS) is 18.2. The molecule has 1 saturated heterocycles. The molecule has 6 aromatic rings. The summed E-state index contributed by atoms with van der Waals surface area (Å²) in [4.78, 5) is 48.8. The highest BCUT2D eigenvalue weighted by molar-refractivity contribution is 7.87. The fourth-order valence-electron chi connectivity index (χ4n) is 6.96. The van der Waals surface area contributed by atoms with E-state index in [0.29, 0.717) is 58.5 Å². The zero-order chi connectivity index (χ0) is 34.9. The number of imide groups is 1. The number of anilines is 1. The zero-order valence-electron chi connectivity index (χ0n) is 27.3. The highest BCUT2D eigenvalue weighted by Gasteiger charge is 2.41. The average molecular weight is 711 g/mol. The third-order valence-electron chi connectivity index (χ3n) is 9.48. The number of hydrogen-bond donors (Lipinski definition) is 0. The first-order valence-electron chi connectivity index (χ1n) is 16.0. The molecule has 12 nitrogen and oxygen atoms in total. The molecule has 2 amide bonds. The molecule has 2 atom stereocenters. The Hall–Kier alpha value is -5.12. The molecule has 0 bridgehead atoms. The fourth-order valence-corrected chi connectivity index (χ4v) is 8.92. The third-order valence-corrected chi connectivity index (χ3v) is 12.3. The zero-order valence-corrected chi connectivity index (χ0v) is 28.9. The van der Waals surface area contributed by atoms with Crippen LogP contribution >= 0.6 is 11.3 Å². The molecule has 0 spiro atoms. The second-order valence-electron chi connectivity index (χ2n) is 12.7. The van der Waals surface area contributed by atoms with Crippen molar-refractivity contribution in [3.63, 3.8) is 0 Å². The number of carbonyl (C=O) groups excluding carboxylic acids is 2. The molecule has 0 N–H and O–H groups in total. The van der Waals surface area contributed by atoms with Gasteiger partial charge in [0.2, 0.25) is 0 Å². The minimum atomic E-state index is -4.06. The Morgan fingerprint density at radius 2 is 1.70 bits per heavy atom. The molecule has 1 fully saturated rings. The van der Waals surface area contributed by atoms with E-state index in [2.05, 4.69) is 4.98 Å². The Kier molecular flexibility index (Phi) is 7.73. The number of hydrogen-bond acceptors (Lipinski definition) is 10. The average Bonchev–Trinajstić information content (AvgIpc) is 3.79. The molecule has 0 aliphatic carbocycles. The summed E-state index contributed by atoms with van der Waals surface area (Å²) in [5, 5.41) is 3.45. The van der Waals surface area contributed by atoms with Crippen molar-refractivity contribution in [1.29, 1.82) is 0 Å². The van der Waals surface area contributed by atoms with Crippen LogP contribution in [0.25, 0.3) is 33.2 Å². The molecule has 2 aliphatic heterocycles. The van der Waals surface area contributed by atoms with Gasteiger partial charge >= 0.3 is 10.2 Å². The van der Waals surface area contributed by atoms with Crippen LogP contribution in [0.3, 0.4) is 0 Å². The van der Waals surface area contributed by atoms with Crippen molar-refractivity contribution >= 4 is 61.2 Å². The molecule has 6 heterocycles.